The summed E-state index contributed by atoms with van der Waals surface area (Å²) in [5, 5.41) is 0. The second-order valence-electron chi connectivity index (χ2n) is 7.16. The topological polar surface area (TPSA) is 23.6 Å². The Balaban J connectivity index is 1.52. The second kappa shape index (κ2) is 5.97. The first kappa shape index (κ1) is 15.3. The van der Waals surface area contributed by atoms with E-state index in [1.54, 1.807) is 0 Å². The molecule has 24 heavy (non-hydrogen) atoms. The van der Waals surface area contributed by atoms with Gasteiger partial charge in [0.15, 0.2) is 0 Å². The van der Waals surface area contributed by atoms with Gasteiger partial charge in [0, 0.05) is 25.3 Å². The van der Waals surface area contributed by atoms with Crippen LogP contribution in [0.15, 0.2) is 36.4 Å². The largest absolute Gasteiger partial charge is 0.324 e. The van der Waals surface area contributed by atoms with Crippen molar-refractivity contribution in [3.63, 3.8) is 0 Å². The van der Waals surface area contributed by atoms with Gasteiger partial charge in [-0.25, -0.2) is 4.79 Å². The highest BCUT2D eigenvalue weighted by molar-refractivity contribution is 5.94. The van der Waals surface area contributed by atoms with Gasteiger partial charge in [-0.3, -0.25) is 4.90 Å². The molecule has 4 rings (SSSR count). The highest BCUT2D eigenvalue weighted by Crippen LogP contribution is 2.29. The standard InChI is InChI=1S/C21H24N2O/c1-15-10-16(2)12-17(11-15)14-22-8-9-23(21(22)24)20-7-6-18-4-3-5-19(18)13-20/h6-7,10-13H,3-5,8-9,14H2,1-2H3. The lowest BCUT2D eigenvalue weighted by atomic mass is 10.1. The third-order valence-corrected chi connectivity index (χ3v) is 5.14. The first-order chi connectivity index (χ1) is 11.6. The Hall–Kier alpha value is -2.29. The van der Waals surface area contributed by atoms with E-state index in [2.05, 4.69) is 50.2 Å². The van der Waals surface area contributed by atoms with Crippen molar-refractivity contribution in [2.45, 2.75) is 39.7 Å². The first-order valence-electron chi connectivity index (χ1n) is 8.85. The van der Waals surface area contributed by atoms with E-state index in [0.29, 0.717) is 6.54 Å². The van der Waals surface area contributed by atoms with E-state index in [1.807, 2.05) is 9.80 Å². The molecule has 2 aromatic carbocycles. The molecule has 1 heterocycles. The molecule has 0 saturated carbocycles. The molecule has 2 amide bonds. The molecule has 0 N–H and O–H groups in total. The Morgan fingerprint density at radius 2 is 1.67 bits per heavy atom. The maximum absolute atomic E-state index is 12.8. The predicted octanol–water partition coefficient (Wildman–Crippen LogP) is 4.23. The number of aryl methyl sites for hydroxylation is 4. The van der Waals surface area contributed by atoms with Crippen molar-refractivity contribution in [3.8, 4) is 0 Å². The van der Waals surface area contributed by atoms with Crippen LogP contribution >= 0.6 is 0 Å². The highest BCUT2D eigenvalue weighted by atomic mass is 16.2. The van der Waals surface area contributed by atoms with Gasteiger partial charge in [-0.1, -0.05) is 35.4 Å². The van der Waals surface area contributed by atoms with Crippen LogP contribution in [0.4, 0.5) is 10.5 Å². The van der Waals surface area contributed by atoms with Crippen molar-refractivity contribution in [2.24, 2.45) is 0 Å². The molecule has 2 aromatic rings. The van der Waals surface area contributed by atoms with Crippen molar-refractivity contribution in [3.05, 3.63) is 64.2 Å². The molecular formula is C21H24N2O. The minimum Gasteiger partial charge on any atom is -0.318 e. The minimum absolute atomic E-state index is 0.132. The summed E-state index contributed by atoms with van der Waals surface area (Å²) in [5.41, 5.74) is 7.67. The van der Waals surface area contributed by atoms with Gasteiger partial charge in [0.25, 0.3) is 0 Å². The Morgan fingerprint density at radius 1 is 0.917 bits per heavy atom. The third kappa shape index (κ3) is 2.79. The summed E-state index contributed by atoms with van der Waals surface area (Å²) in [6.45, 7) is 6.49. The highest BCUT2D eigenvalue weighted by Gasteiger charge is 2.30. The maximum atomic E-state index is 12.8. The zero-order valence-corrected chi connectivity index (χ0v) is 14.5. The van der Waals surface area contributed by atoms with Gasteiger partial charge in [0.2, 0.25) is 0 Å². The molecule has 1 fully saturated rings. The van der Waals surface area contributed by atoms with Crippen LogP contribution in [0.3, 0.4) is 0 Å². The first-order valence-corrected chi connectivity index (χ1v) is 8.85. The fraction of sp³-hybridized carbons (Fsp3) is 0.381. The number of amides is 2. The average molecular weight is 320 g/mol. The van der Waals surface area contributed by atoms with Crippen LogP contribution in [0.1, 0.15) is 34.2 Å². The van der Waals surface area contributed by atoms with Crippen LogP contribution in [-0.4, -0.2) is 24.0 Å². The van der Waals surface area contributed by atoms with Crippen LogP contribution < -0.4 is 4.90 Å². The fourth-order valence-electron chi connectivity index (χ4n) is 4.08. The molecule has 3 nitrogen and oxygen atoms in total. The number of carbonyl (C=O) groups is 1. The molecule has 3 heteroatoms. The molecule has 1 aliphatic heterocycles. The molecule has 0 unspecified atom stereocenters. The van der Waals surface area contributed by atoms with E-state index in [4.69, 9.17) is 0 Å². The minimum atomic E-state index is 0.132. The van der Waals surface area contributed by atoms with Crippen LogP contribution in [-0.2, 0) is 19.4 Å². The lowest BCUT2D eigenvalue weighted by Crippen LogP contribution is -2.31. The van der Waals surface area contributed by atoms with Crippen molar-refractivity contribution in [1.29, 1.82) is 0 Å². The van der Waals surface area contributed by atoms with Gasteiger partial charge in [-0.2, -0.15) is 0 Å². The molecule has 0 aromatic heterocycles. The molecule has 1 aliphatic carbocycles. The smallest absolute Gasteiger partial charge is 0.318 e. The monoisotopic (exact) mass is 320 g/mol. The second-order valence-corrected chi connectivity index (χ2v) is 7.16. The third-order valence-electron chi connectivity index (χ3n) is 5.14. The number of rotatable bonds is 3. The summed E-state index contributed by atoms with van der Waals surface area (Å²) in [4.78, 5) is 16.7. The number of benzene rings is 2. The number of urea groups is 1. The number of anilines is 1. The van der Waals surface area contributed by atoms with E-state index >= 15 is 0 Å². The molecule has 2 aliphatic rings. The van der Waals surface area contributed by atoms with E-state index in [1.165, 1.54) is 40.7 Å². The molecule has 0 atom stereocenters. The van der Waals surface area contributed by atoms with Crippen molar-refractivity contribution >= 4 is 11.7 Å². The van der Waals surface area contributed by atoms with Gasteiger partial charge in [-0.15, -0.1) is 0 Å². The predicted molar refractivity (Wildman–Crippen MR) is 97.5 cm³/mol. The lowest BCUT2D eigenvalue weighted by Gasteiger charge is -2.20. The van der Waals surface area contributed by atoms with Crippen LogP contribution in [0.2, 0.25) is 0 Å². The maximum Gasteiger partial charge on any atom is 0.324 e. The molecular weight excluding hydrogens is 296 g/mol. The zero-order valence-electron chi connectivity index (χ0n) is 14.5. The summed E-state index contributed by atoms with van der Waals surface area (Å²) >= 11 is 0. The van der Waals surface area contributed by atoms with Crippen molar-refractivity contribution < 1.29 is 4.79 Å². The average Bonchev–Trinajstić information content (AvgIpc) is 3.13. The summed E-state index contributed by atoms with van der Waals surface area (Å²) in [6, 6.07) is 13.2. The van der Waals surface area contributed by atoms with Crippen LogP contribution in [0.5, 0.6) is 0 Å². The van der Waals surface area contributed by atoms with Gasteiger partial charge >= 0.3 is 6.03 Å². The van der Waals surface area contributed by atoms with E-state index < -0.39 is 0 Å². The Morgan fingerprint density at radius 3 is 2.46 bits per heavy atom. The van der Waals surface area contributed by atoms with Crippen molar-refractivity contribution in [2.75, 3.05) is 18.0 Å². The fourth-order valence-corrected chi connectivity index (χ4v) is 4.08. The zero-order chi connectivity index (χ0) is 16.7. The van der Waals surface area contributed by atoms with E-state index in [0.717, 1.165) is 25.2 Å². The summed E-state index contributed by atoms with van der Waals surface area (Å²) in [7, 11) is 0. The number of carbonyl (C=O) groups excluding carboxylic acids is 1. The summed E-state index contributed by atoms with van der Waals surface area (Å²) < 4.78 is 0. The van der Waals surface area contributed by atoms with E-state index in [-0.39, 0.29) is 6.03 Å². The van der Waals surface area contributed by atoms with Crippen molar-refractivity contribution in [1.82, 2.24) is 4.90 Å². The quantitative estimate of drug-likeness (QED) is 0.830. The number of nitrogens with zero attached hydrogens (tertiary/aromatic N) is 2. The van der Waals surface area contributed by atoms with E-state index in [9.17, 15) is 4.79 Å². The van der Waals surface area contributed by atoms with Crippen LogP contribution in [0.25, 0.3) is 0 Å². The Kier molecular flexibility index (Phi) is 3.79. The molecule has 124 valence electrons. The molecule has 0 bridgehead atoms. The lowest BCUT2D eigenvalue weighted by molar-refractivity contribution is 0.218. The summed E-state index contributed by atoms with van der Waals surface area (Å²) in [5.74, 6) is 0. The van der Waals surface area contributed by atoms with Gasteiger partial charge in [0.05, 0.1) is 0 Å². The SMILES string of the molecule is Cc1cc(C)cc(CN2CCN(c3ccc4c(c3)CCC4)C2=O)c1. The molecule has 1 saturated heterocycles. The number of fused-ring (bicyclic) bond motifs is 1. The molecule has 0 radical (unpaired) electrons. The van der Waals surface area contributed by atoms with Gasteiger partial charge < -0.3 is 4.90 Å². The van der Waals surface area contributed by atoms with Crippen LogP contribution in [0, 0.1) is 13.8 Å². The van der Waals surface area contributed by atoms with Gasteiger partial charge in [-0.05, 0) is 61.9 Å². The number of hydrogen-bond acceptors (Lipinski definition) is 1. The summed E-state index contributed by atoms with van der Waals surface area (Å²) in [6.07, 6.45) is 3.57. The Labute approximate surface area is 143 Å². The normalized spacial score (nSPS) is 16.8. The Bertz CT molecular complexity index is 776. The number of hydrogen-bond donors (Lipinski definition) is 0. The van der Waals surface area contributed by atoms with Gasteiger partial charge in [0.1, 0.15) is 0 Å². The molecule has 0 spiro atoms.